The van der Waals surface area contributed by atoms with E-state index in [9.17, 15) is 5.11 Å². The van der Waals surface area contributed by atoms with Crippen LogP contribution in [0.2, 0.25) is 0 Å². The molecule has 0 radical (unpaired) electrons. The normalized spacial score (nSPS) is 12.3. The monoisotopic (exact) mass is 443 g/mol. The Kier molecular flexibility index (Phi) is 10.1. The van der Waals surface area contributed by atoms with Crippen molar-refractivity contribution in [3.05, 3.63) is 54.6 Å². The molecule has 132 valence electrons. The van der Waals surface area contributed by atoms with E-state index in [-0.39, 0.29) is 36.5 Å². The van der Waals surface area contributed by atoms with Crippen LogP contribution in [0.1, 0.15) is 18.4 Å². The number of aliphatic imine (C=N–C) groups is 1. The van der Waals surface area contributed by atoms with Gasteiger partial charge in [0, 0.05) is 37.9 Å². The smallest absolute Gasteiger partial charge is 0.191 e. The number of benzene rings is 1. The Bertz CT molecular complexity index is 574. The summed E-state index contributed by atoms with van der Waals surface area (Å²) in [5.41, 5.74) is 1.10. The first-order valence-corrected chi connectivity index (χ1v) is 7.97. The van der Waals surface area contributed by atoms with Crippen molar-refractivity contribution in [2.45, 2.75) is 19.4 Å². The molecule has 0 aliphatic heterocycles. The second kappa shape index (κ2) is 11.9. The average molecular weight is 443 g/mol. The van der Waals surface area contributed by atoms with Gasteiger partial charge >= 0.3 is 0 Å². The maximum Gasteiger partial charge on any atom is 0.191 e. The van der Waals surface area contributed by atoms with E-state index in [1.54, 1.807) is 12.5 Å². The number of guanidine groups is 1. The topological polar surface area (TPSA) is 74.5 Å². The lowest BCUT2D eigenvalue weighted by molar-refractivity contribution is 0.268. The summed E-state index contributed by atoms with van der Waals surface area (Å²) in [6, 6.07) is 9.99. The molecule has 24 heavy (non-hydrogen) atoms. The molecule has 0 saturated carbocycles. The van der Waals surface area contributed by atoms with Crippen LogP contribution < -0.4 is 10.6 Å². The van der Waals surface area contributed by atoms with E-state index in [2.05, 4.69) is 20.6 Å². The molecule has 1 unspecified atom stereocenters. The third-order valence-electron chi connectivity index (χ3n) is 3.53. The van der Waals surface area contributed by atoms with Crippen molar-refractivity contribution < 1.29 is 5.11 Å². The summed E-state index contributed by atoms with van der Waals surface area (Å²) in [6.45, 7) is 5.05. The summed E-state index contributed by atoms with van der Waals surface area (Å²) in [4.78, 5) is 8.61. The van der Waals surface area contributed by atoms with E-state index in [1.807, 2.05) is 48.0 Å². The molecule has 1 atom stereocenters. The highest BCUT2D eigenvalue weighted by atomic mass is 127. The Morgan fingerprint density at radius 3 is 2.71 bits per heavy atom. The second-order valence-corrected chi connectivity index (χ2v) is 5.24. The van der Waals surface area contributed by atoms with Crippen molar-refractivity contribution in [3.63, 3.8) is 0 Å². The molecular formula is C17H26IN5O. The largest absolute Gasteiger partial charge is 0.396 e. The zero-order valence-corrected chi connectivity index (χ0v) is 16.3. The first-order valence-electron chi connectivity index (χ1n) is 7.97. The van der Waals surface area contributed by atoms with Crippen molar-refractivity contribution in [3.8, 4) is 0 Å². The van der Waals surface area contributed by atoms with Crippen LogP contribution in [-0.2, 0) is 6.54 Å². The van der Waals surface area contributed by atoms with Crippen LogP contribution in [0.3, 0.4) is 0 Å². The lowest BCUT2D eigenvalue weighted by atomic mass is 10.0. The SMILES string of the molecule is CCNC(=NCC(CO)c1ccccc1)NCCn1ccnc1.I. The van der Waals surface area contributed by atoms with Gasteiger partial charge in [-0.2, -0.15) is 0 Å². The molecule has 0 fully saturated rings. The van der Waals surface area contributed by atoms with Crippen LogP contribution in [0.5, 0.6) is 0 Å². The number of nitrogens with one attached hydrogen (secondary N) is 2. The molecule has 0 aliphatic carbocycles. The van der Waals surface area contributed by atoms with Crippen LogP contribution in [0.4, 0.5) is 0 Å². The minimum Gasteiger partial charge on any atom is -0.396 e. The van der Waals surface area contributed by atoms with Crippen molar-refractivity contribution in [2.24, 2.45) is 4.99 Å². The van der Waals surface area contributed by atoms with E-state index < -0.39 is 0 Å². The number of rotatable bonds is 8. The number of hydrogen-bond acceptors (Lipinski definition) is 3. The van der Waals surface area contributed by atoms with Crippen LogP contribution in [-0.4, -0.2) is 46.9 Å². The predicted molar refractivity (Wildman–Crippen MR) is 108 cm³/mol. The number of imidazole rings is 1. The molecule has 3 N–H and O–H groups in total. The first-order chi connectivity index (χ1) is 11.3. The van der Waals surface area contributed by atoms with E-state index in [1.165, 1.54) is 0 Å². The molecule has 0 amide bonds. The highest BCUT2D eigenvalue weighted by molar-refractivity contribution is 14.0. The van der Waals surface area contributed by atoms with Gasteiger partial charge in [0.05, 0.1) is 19.5 Å². The summed E-state index contributed by atoms with van der Waals surface area (Å²) in [5.74, 6) is 0.780. The molecule has 7 heteroatoms. The maximum atomic E-state index is 9.60. The minimum atomic E-state index is 0. The zero-order valence-electron chi connectivity index (χ0n) is 13.9. The molecule has 0 spiro atoms. The fraction of sp³-hybridized carbons (Fsp3) is 0.412. The van der Waals surface area contributed by atoms with Crippen molar-refractivity contribution in [2.75, 3.05) is 26.2 Å². The van der Waals surface area contributed by atoms with Gasteiger partial charge in [0.25, 0.3) is 0 Å². The molecule has 2 rings (SSSR count). The van der Waals surface area contributed by atoms with E-state index in [4.69, 9.17) is 0 Å². The van der Waals surface area contributed by atoms with Gasteiger partial charge in [-0.25, -0.2) is 4.98 Å². The van der Waals surface area contributed by atoms with Crippen LogP contribution in [0.15, 0.2) is 54.0 Å². The molecule has 1 heterocycles. The fourth-order valence-electron chi connectivity index (χ4n) is 2.26. The Morgan fingerprint density at radius 1 is 1.29 bits per heavy atom. The van der Waals surface area contributed by atoms with Gasteiger partial charge in [0.2, 0.25) is 0 Å². The Hall–Kier alpha value is -1.61. The fourth-order valence-corrected chi connectivity index (χ4v) is 2.26. The summed E-state index contributed by atoms with van der Waals surface area (Å²) in [5, 5.41) is 16.1. The quantitative estimate of drug-likeness (QED) is 0.331. The summed E-state index contributed by atoms with van der Waals surface area (Å²) in [7, 11) is 0. The Labute approximate surface area is 160 Å². The van der Waals surface area contributed by atoms with E-state index in [0.717, 1.165) is 31.2 Å². The molecule has 1 aromatic heterocycles. The molecule has 0 saturated heterocycles. The highest BCUT2D eigenvalue weighted by Crippen LogP contribution is 2.14. The van der Waals surface area contributed by atoms with Crippen molar-refractivity contribution in [1.82, 2.24) is 20.2 Å². The lowest BCUT2D eigenvalue weighted by Crippen LogP contribution is -2.39. The second-order valence-electron chi connectivity index (χ2n) is 5.24. The van der Waals surface area contributed by atoms with Crippen LogP contribution >= 0.6 is 24.0 Å². The van der Waals surface area contributed by atoms with Gasteiger partial charge < -0.3 is 20.3 Å². The summed E-state index contributed by atoms with van der Waals surface area (Å²) < 4.78 is 2.01. The van der Waals surface area contributed by atoms with Gasteiger partial charge in [0.15, 0.2) is 5.96 Å². The summed E-state index contributed by atoms with van der Waals surface area (Å²) in [6.07, 6.45) is 5.50. The van der Waals surface area contributed by atoms with Gasteiger partial charge in [-0.15, -0.1) is 24.0 Å². The van der Waals surface area contributed by atoms with Gasteiger partial charge in [0.1, 0.15) is 0 Å². The summed E-state index contributed by atoms with van der Waals surface area (Å²) >= 11 is 0. The van der Waals surface area contributed by atoms with E-state index in [0.29, 0.717) is 6.54 Å². The standard InChI is InChI=1S/C17H25N5O.HI/c1-2-19-17(20-9-11-22-10-8-18-14-22)21-12-16(13-23)15-6-4-3-5-7-15;/h3-8,10,14,16,23H,2,9,11-13H2,1H3,(H2,19,20,21);1H. The molecule has 0 aliphatic rings. The van der Waals surface area contributed by atoms with Crippen molar-refractivity contribution >= 4 is 29.9 Å². The number of aromatic nitrogens is 2. The molecule has 6 nitrogen and oxygen atoms in total. The van der Waals surface area contributed by atoms with Gasteiger partial charge in [-0.3, -0.25) is 4.99 Å². The van der Waals surface area contributed by atoms with E-state index >= 15 is 0 Å². The molecule has 2 aromatic rings. The van der Waals surface area contributed by atoms with Gasteiger partial charge in [-0.1, -0.05) is 30.3 Å². The number of halogens is 1. The molecule has 0 bridgehead atoms. The maximum absolute atomic E-state index is 9.60. The Morgan fingerprint density at radius 2 is 2.08 bits per heavy atom. The van der Waals surface area contributed by atoms with Crippen LogP contribution in [0, 0.1) is 0 Å². The molecule has 1 aromatic carbocycles. The highest BCUT2D eigenvalue weighted by Gasteiger charge is 2.09. The number of aliphatic hydroxyl groups is 1. The van der Waals surface area contributed by atoms with Gasteiger partial charge in [-0.05, 0) is 12.5 Å². The number of hydrogen-bond donors (Lipinski definition) is 3. The minimum absolute atomic E-state index is 0. The third-order valence-corrected chi connectivity index (χ3v) is 3.53. The lowest BCUT2D eigenvalue weighted by Gasteiger charge is -2.15. The number of nitrogens with zero attached hydrogens (tertiary/aromatic N) is 3. The number of aliphatic hydroxyl groups excluding tert-OH is 1. The Balaban J connectivity index is 0.00000288. The third kappa shape index (κ3) is 6.88. The predicted octanol–water partition coefficient (Wildman–Crippen LogP) is 1.83. The molecular weight excluding hydrogens is 417 g/mol. The van der Waals surface area contributed by atoms with Crippen LogP contribution in [0.25, 0.3) is 0 Å². The van der Waals surface area contributed by atoms with Crippen molar-refractivity contribution in [1.29, 1.82) is 0 Å². The zero-order chi connectivity index (χ0) is 16.3. The first kappa shape index (κ1) is 20.4. The average Bonchev–Trinajstić information content (AvgIpc) is 3.10.